The highest BCUT2D eigenvalue weighted by Crippen LogP contribution is 2.28. The lowest BCUT2D eigenvalue weighted by Crippen LogP contribution is -2.29. The molecule has 0 amide bonds. The van der Waals surface area contributed by atoms with E-state index in [1.165, 1.54) is 20.8 Å². The smallest absolute Gasteiger partial charge is 0.434 e. The lowest BCUT2D eigenvalue weighted by molar-refractivity contribution is -0.135. The van der Waals surface area contributed by atoms with Gasteiger partial charge in [-0.3, -0.25) is 0 Å². The molecule has 0 bridgehead atoms. The van der Waals surface area contributed by atoms with Gasteiger partial charge < -0.3 is 4.74 Å². The van der Waals surface area contributed by atoms with Crippen molar-refractivity contribution >= 4 is 16.7 Å². The predicted molar refractivity (Wildman–Crippen MR) is 96.9 cm³/mol. The molecule has 29 heavy (non-hydrogen) atoms. The second kappa shape index (κ2) is 9.90. The number of alkyl halides is 6. The normalized spacial score (nSPS) is 14.8. The summed E-state index contributed by atoms with van der Waals surface area (Å²) in [7, 11) is -2.25. The lowest BCUT2D eigenvalue weighted by Gasteiger charge is -2.17. The van der Waals surface area contributed by atoms with Crippen molar-refractivity contribution in [3.8, 4) is 5.75 Å². The van der Waals surface area contributed by atoms with Crippen LogP contribution in [0, 0.1) is 5.82 Å². The fraction of sp³-hybridized carbons (Fsp3) is 0.611. The molecule has 1 atom stereocenters. The summed E-state index contributed by atoms with van der Waals surface area (Å²) >= 11 is 0. The number of hydrogen-bond acceptors (Lipinski definition) is 2. The van der Waals surface area contributed by atoms with Gasteiger partial charge in [-0.2, -0.15) is 30.7 Å². The van der Waals surface area contributed by atoms with Gasteiger partial charge in [-0.25, -0.2) is 8.60 Å². The van der Waals surface area contributed by atoms with E-state index in [1.807, 2.05) is 0 Å². The molecule has 0 N–H and O–H groups in total. The molecule has 0 aliphatic heterocycles. The molecule has 0 aliphatic carbocycles. The quantitative estimate of drug-likeness (QED) is 0.272. The summed E-state index contributed by atoms with van der Waals surface area (Å²) in [5.41, 5.74) is -2.46. The summed E-state index contributed by atoms with van der Waals surface area (Å²) < 4.78 is 109. The van der Waals surface area contributed by atoms with Crippen molar-refractivity contribution in [2.45, 2.75) is 63.6 Å². The monoisotopic (exact) mass is 449 g/mol. The molecule has 0 unspecified atom stereocenters. The first-order valence-electron chi connectivity index (χ1n) is 8.68. The van der Waals surface area contributed by atoms with Gasteiger partial charge in [0, 0.05) is 18.1 Å². The van der Waals surface area contributed by atoms with E-state index in [4.69, 9.17) is 4.74 Å². The van der Waals surface area contributed by atoms with E-state index in [0.29, 0.717) is 0 Å². The van der Waals surface area contributed by atoms with Gasteiger partial charge in [0.25, 0.3) is 0 Å². The van der Waals surface area contributed by atoms with Crippen molar-refractivity contribution < 1.29 is 39.7 Å². The van der Waals surface area contributed by atoms with Crippen LogP contribution in [0.4, 0.5) is 30.7 Å². The minimum absolute atomic E-state index is 0.00903. The fourth-order valence-corrected chi connectivity index (χ4v) is 2.69. The highest BCUT2D eigenvalue weighted by Gasteiger charge is 2.40. The minimum Gasteiger partial charge on any atom is -0.493 e. The third-order valence-electron chi connectivity index (χ3n) is 3.54. The first kappa shape index (κ1) is 25.4. The number of halogens is 7. The van der Waals surface area contributed by atoms with Crippen molar-refractivity contribution in [2.75, 3.05) is 6.61 Å². The number of unbranched alkanes of at least 4 members (excludes halogenated alkanes) is 2. The largest absolute Gasteiger partial charge is 0.493 e. The number of rotatable bonds is 8. The van der Waals surface area contributed by atoms with Gasteiger partial charge in [0.2, 0.25) is 0 Å². The molecule has 1 rings (SSSR count). The average molecular weight is 449 g/mol. The maximum atomic E-state index is 14.3. The van der Waals surface area contributed by atoms with Gasteiger partial charge in [-0.1, -0.05) is 0 Å². The zero-order valence-corrected chi connectivity index (χ0v) is 16.9. The number of nitrogens with zero attached hydrogens (tertiary/aromatic N) is 1. The van der Waals surface area contributed by atoms with Crippen LogP contribution in [-0.2, 0) is 11.0 Å². The molecule has 0 heterocycles. The van der Waals surface area contributed by atoms with E-state index in [9.17, 15) is 34.9 Å². The summed E-state index contributed by atoms with van der Waals surface area (Å²) in [6.45, 7) is 4.29. The molecular weight excluding hydrogens is 427 g/mol. The zero-order valence-electron chi connectivity index (χ0n) is 16.1. The van der Waals surface area contributed by atoms with Crippen LogP contribution < -0.4 is 4.74 Å². The van der Waals surface area contributed by atoms with E-state index in [0.717, 1.165) is 18.2 Å². The van der Waals surface area contributed by atoms with Gasteiger partial charge in [0.15, 0.2) is 5.71 Å². The van der Waals surface area contributed by atoms with E-state index >= 15 is 0 Å². The summed E-state index contributed by atoms with van der Waals surface area (Å²) in [5.74, 6) is -1.33. The molecule has 1 aromatic rings. The molecular formula is C18H22F7NO2S. The molecule has 0 aromatic heterocycles. The first-order valence-corrected chi connectivity index (χ1v) is 9.79. The Kier molecular flexibility index (Phi) is 8.67. The van der Waals surface area contributed by atoms with Crippen molar-refractivity contribution in [1.82, 2.24) is 0 Å². The van der Waals surface area contributed by atoms with Crippen LogP contribution in [0.25, 0.3) is 0 Å². The molecule has 0 saturated carbocycles. The fourth-order valence-electron chi connectivity index (χ4n) is 2.05. The molecule has 0 aliphatic rings. The van der Waals surface area contributed by atoms with Crippen LogP contribution in [0.3, 0.4) is 0 Å². The molecule has 11 heteroatoms. The summed E-state index contributed by atoms with van der Waals surface area (Å²) in [6, 6.07) is 2.64. The van der Waals surface area contributed by atoms with Gasteiger partial charge in [0.1, 0.15) is 22.6 Å². The molecule has 0 spiro atoms. The Morgan fingerprint density at radius 1 is 1.03 bits per heavy atom. The molecule has 0 radical (unpaired) electrons. The maximum absolute atomic E-state index is 14.3. The van der Waals surface area contributed by atoms with Gasteiger partial charge >= 0.3 is 12.4 Å². The number of hydrogen-bond donors (Lipinski definition) is 0. The van der Waals surface area contributed by atoms with E-state index in [-0.39, 0.29) is 31.6 Å². The Labute approximate surface area is 166 Å². The molecule has 166 valence electrons. The SMILES string of the molecule is CC(C)(C)[S@@](=O)N=C(c1ccc(OCCCCCC(F)(F)F)cc1F)C(F)(F)F. The lowest BCUT2D eigenvalue weighted by atomic mass is 10.1. The van der Waals surface area contributed by atoms with Crippen LogP contribution in [-0.4, -0.2) is 33.6 Å². The molecule has 3 nitrogen and oxygen atoms in total. The van der Waals surface area contributed by atoms with Crippen molar-refractivity contribution in [3.63, 3.8) is 0 Å². The average Bonchev–Trinajstić information content (AvgIpc) is 2.53. The Balaban J connectivity index is 2.84. The Morgan fingerprint density at radius 3 is 2.14 bits per heavy atom. The third-order valence-corrected chi connectivity index (χ3v) is 4.93. The topological polar surface area (TPSA) is 38.7 Å². The van der Waals surface area contributed by atoms with E-state index in [1.54, 1.807) is 0 Å². The maximum Gasteiger partial charge on any atom is 0.434 e. The Hall–Kier alpha value is -1.65. The second-order valence-electron chi connectivity index (χ2n) is 7.22. The van der Waals surface area contributed by atoms with Crippen LogP contribution in [0.1, 0.15) is 52.0 Å². The summed E-state index contributed by atoms with van der Waals surface area (Å²) in [4.78, 5) is 0. The van der Waals surface area contributed by atoms with E-state index < -0.39 is 51.6 Å². The van der Waals surface area contributed by atoms with Gasteiger partial charge in [-0.05, 0) is 52.2 Å². The van der Waals surface area contributed by atoms with Gasteiger partial charge in [0.05, 0.1) is 11.4 Å². The minimum atomic E-state index is -5.03. The standard InChI is InChI=1S/C18H22F7NO2S/c1-16(2,3)29(27)26-15(18(23,24)25)13-8-7-12(11-14(13)19)28-10-6-4-5-9-17(20,21)22/h7-8,11H,4-6,9-10H2,1-3H3/t29-/m1/s1. The van der Waals surface area contributed by atoms with E-state index in [2.05, 4.69) is 4.40 Å². The zero-order chi connectivity index (χ0) is 22.5. The molecule has 0 saturated heterocycles. The number of ether oxygens (including phenoxy) is 1. The van der Waals surface area contributed by atoms with Crippen LogP contribution in [0.15, 0.2) is 22.6 Å². The third kappa shape index (κ3) is 9.14. The highest BCUT2D eigenvalue weighted by molar-refractivity contribution is 7.85. The van der Waals surface area contributed by atoms with Crippen molar-refractivity contribution in [1.29, 1.82) is 0 Å². The Morgan fingerprint density at radius 2 is 1.66 bits per heavy atom. The van der Waals surface area contributed by atoms with Crippen molar-refractivity contribution in [2.24, 2.45) is 4.40 Å². The van der Waals surface area contributed by atoms with Crippen molar-refractivity contribution in [3.05, 3.63) is 29.6 Å². The molecule has 0 fully saturated rings. The number of benzene rings is 1. The van der Waals surface area contributed by atoms with Crippen LogP contribution in [0.5, 0.6) is 5.75 Å². The molecule has 1 aromatic carbocycles. The summed E-state index contributed by atoms with van der Waals surface area (Å²) in [5, 5.41) is 0. The predicted octanol–water partition coefficient (Wildman–Crippen LogP) is 6.14. The second-order valence-corrected chi connectivity index (χ2v) is 9.12. The first-order chi connectivity index (χ1) is 13.1. The van der Waals surface area contributed by atoms with Crippen LogP contribution >= 0.6 is 0 Å². The van der Waals surface area contributed by atoms with Gasteiger partial charge in [-0.15, -0.1) is 0 Å². The Bertz CT molecular complexity index is 737. The highest BCUT2D eigenvalue weighted by atomic mass is 32.2. The van der Waals surface area contributed by atoms with Crippen LogP contribution in [0.2, 0.25) is 0 Å². The summed E-state index contributed by atoms with van der Waals surface area (Å²) in [6.07, 6.45) is -9.72.